The van der Waals surface area contributed by atoms with Crippen molar-refractivity contribution >= 4 is 30.0 Å². The summed E-state index contributed by atoms with van der Waals surface area (Å²) in [4.78, 5) is 29.5. The van der Waals surface area contributed by atoms with Crippen LogP contribution in [0, 0.1) is 5.82 Å². The van der Waals surface area contributed by atoms with Crippen molar-refractivity contribution in [3.05, 3.63) is 30.1 Å². The summed E-state index contributed by atoms with van der Waals surface area (Å²) >= 11 is 0. The number of aliphatic carboxylic acids is 1. The molecule has 1 atom stereocenters. The van der Waals surface area contributed by atoms with Gasteiger partial charge in [0.05, 0.1) is 18.3 Å². The Balaban J connectivity index is 0.00000261. The van der Waals surface area contributed by atoms with E-state index in [-0.39, 0.29) is 42.8 Å². The van der Waals surface area contributed by atoms with Gasteiger partial charge in [0.1, 0.15) is 5.82 Å². The third kappa shape index (κ3) is 4.78. The zero-order valence-corrected chi connectivity index (χ0v) is 16.3. The maximum absolute atomic E-state index is 14.0. The van der Waals surface area contributed by atoms with Crippen LogP contribution in [-0.4, -0.2) is 71.6 Å². The van der Waals surface area contributed by atoms with Crippen LogP contribution in [0.25, 0.3) is 0 Å². The number of halogens is 2. The Labute approximate surface area is 165 Å². The van der Waals surface area contributed by atoms with Crippen LogP contribution in [0.5, 0.6) is 0 Å². The first-order valence-electron chi connectivity index (χ1n) is 9.27. The lowest BCUT2D eigenvalue weighted by Crippen LogP contribution is -2.51. The molecule has 27 heavy (non-hydrogen) atoms. The van der Waals surface area contributed by atoms with Gasteiger partial charge in [-0.15, -0.1) is 12.4 Å². The van der Waals surface area contributed by atoms with Crippen molar-refractivity contribution in [1.29, 1.82) is 0 Å². The summed E-state index contributed by atoms with van der Waals surface area (Å²) in [6, 6.07) is 6.43. The van der Waals surface area contributed by atoms with E-state index in [0.29, 0.717) is 25.2 Å². The highest BCUT2D eigenvalue weighted by atomic mass is 35.5. The Hall–Kier alpha value is -1.70. The molecule has 150 valence electrons. The third-order valence-electron chi connectivity index (χ3n) is 5.52. The van der Waals surface area contributed by atoms with Crippen molar-refractivity contribution in [3.63, 3.8) is 0 Å². The number of amides is 1. The highest BCUT2D eigenvalue weighted by Gasteiger charge is 2.39. The minimum Gasteiger partial charge on any atom is -0.480 e. The summed E-state index contributed by atoms with van der Waals surface area (Å²) in [5.41, 5.74) is 0.355. The predicted molar refractivity (Wildman–Crippen MR) is 104 cm³/mol. The quantitative estimate of drug-likeness (QED) is 0.794. The zero-order valence-electron chi connectivity index (χ0n) is 15.5. The molecule has 2 fully saturated rings. The van der Waals surface area contributed by atoms with Gasteiger partial charge < -0.3 is 10.0 Å². The first-order valence-corrected chi connectivity index (χ1v) is 9.27. The SMILES string of the molecule is CCN(CC(=O)O)C1CCN(C2CCN(c3ccccc3F)C2=O)CC1.Cl. The molecule has 2 saturated heterocycles. The molecule has 0 bridgehead atoms. The van der Waals surface area contributed by atoms with Crippen molar-refractivity contribution in [3.8, 4) is 0 Å². The topological polar surface area (TPSA) is 64.1 Å². The second kappa shape index (κ2) is 9.48. The van der Waals surface area contributed by atoms with Gasteiger partial charge in [0, 0.05) is 25.7 Å². The minimum atomic E-state index is -0.805. The Bertz CT molecular complexity index is 667. The number of piperidine rings is 1. The fourth-order valence-corrected chi connectivity index (χ4v) is 4.15. The minimum absolute atomic E-state index is 0. The van der Waals surface area contributed by atoms with E-state index >= 15 is 0 Å². The molecule has 3 rings (SSSR count). The smallest absolute Gasteiger partial charge is 0.317 e. The largest absolute Gasteiger partial charge is 0.480 e. The number of carboxylic acid groups (broad SMARTS) is 1. The molecule has 0 aromatic heterocycles. The molecule has 1 aromatic rings. The zero-order chi connectivity index (χ0) is 18.7. The monoisotopic (exact) mass is 399 g/mol. The number of hydrogen-bond donors (Lipinski definition) is 1. The number of hydrogen-bond acceptors (Lipinski definition) is 4. The Morgan fingerprint density at radius 1 is 1.22 bits per heavy atom. The van der Waals surface area contributed by atoms with Gasteiger partial charge in [0.25, 0.3) is 0 Å². The fourth-order valence-electron chi connectivity index (χ4n) is 4.15. The number of rotatable bonds is 6. The first-order chi connectivity index (χ1) is 12.5. The maximum atomic E-state index is 14.0. The summed E-state index contributed by atoms with van der Waals surface area (Å²) in [5, 5.41) is 9.03. The molecule has 6 nitrogen and oxygen atoms in total. The number of carbonyl (C=O) groups excluding carboxylic acids is 1. The molecule has 2 heterocycles. The number of carboxylic acids is 1. The average molecular weight is 400 g/mol. The summed E-state index contributed by atoms with van der Waals surface area (Å²) in [6.45, 7) is 4.81. The number of likely N-dealkylation sites (N-methyl/N-ethyl adjacent to an activating group) is 1. The van der Waals surface area contributed by atoms with Crippen molar-refractivity contribution in [1.82, 2.24) is 9.80 Å². The Morgan fingerprint density at radius 2 is 1.89 bits per heavy atom. The van der Waals surface area contributed by atoms with Gasteiger partial charge in [0.2, 0.25) is 5.91 Å². The Morgan fingerprint density at radius 3 is 2.48 bits per heavy atom. The van der Waals surface area contributed by atoms with Crippen LogP contribution in [0.15, 0.2) is 24.3 Å². The van der Waals surface area contributed by atoms with Crippen molar-refractivity contribution < 1.29 is 19.1 Å². The van der Waals surface area contributed by atoms with Crippen LogP contribution >= 0.6 is 12.4 Å². The molecule has 8 heteroatoms. The third-order valence-corrected chi connectivity index (χ3v) is 5.52. The van der Waals surface area contributed by atoms with Gasteiger partial charge >= 0.3 is 5.97 Å². The summed E-state index contributed by atoms with van der Waals surface area (Å²) in [5.74, 6) is -1.21. The van der Waals surface area contributed by atoms with Crippen molar-refractivity contribution in [2.24, 2.45) is 0 Å². The average Bonchev–Trinajstić information content (AvgIpc) is 3.01. The fraction of sp³-hybridized carbons (Fsp3) is 0.579. The predicted octanol–water partition coefficient (Wildman–Crippen LogP) is 2.22. The molecule has 0 saturated carbocycles. The van der Waals surface area contributed by atoms with Crippen LogP contribution in [0.2, 0.25) is 0 Å². The lowest BCUT2D eigenvalue weighted by Gasteiger charge is -2.39. The van der Waals surface area contributed by atoms with E-state index in [1.165, 1.54) is 6.07 Å². The number of carbonyl (C=O) groups is 2. The van der Waals surface area contributed by atoms with Gasteiger partial charge in [-0.3, -0.25) is 19.4 Å². The molecule has 0 aliphatic carbocycles. The highest BCUT2D eigenvalue weighted by molar-refractivity contribution is 5.99. The van der Waals surface area contributed by atoms with Crippen molar-refractivity contribution in [2.75, 3.05) is 37.6 Å². The maximum Gasteiger partial charge on any atom is 0.317 e. The summed E-state index contributed by atoms with van der Waals surface area (Å²) < 4.78 is 14.0. The second-order valence-corrected chi connectivity index (χ2v) is 6.97. The molecular weight excluding hydrogens is 373 g/mol. The summed E-state index contributed by atoms with van der Waals surface area (Å²) in [6.07, 6.45) is 2.40. The molecule has 1 aromatic carbocycles. The first kappa shape index (κ1) is 21.6. The lowest BCUT2D eigenvalue weighted by atomic mass is 10.0. The van der Waals surface area contributed by atoms with Crippen LogP contribution in [0.3, 0.4) is 0 Å². The normalized spacial score (nSPS) is 21.5. The number of para-hydroxylation sites is 1. The number of likely N-dealkylation sites (tertiary alicyclic amines) is 1. The molecule has 1 unspecified atom stereocenters. The van der Waals surface area contributed by atoms with E-state index in [4.69, 9.17) is 5.11 Å². The van der Waals surface area contributed by atoms with E-state index in [0.717, 1.165) is 25.9 Å². The van der Waals surface area contributed by atoms with E-state index in [2.05, 4.69) is 4.90 Å². The second-order valence-electron chi connectivity index (χ2n) is 6.97. The van der Waals surface area contributed by atoms with E-state index in [1.807, 2.05) is 11.8 Å². The summed E-state index contributed by atoms with van der Waals surface area (Å²) in [7, 11) is 0. The van der Waals surface area contributed by atoms with Gasteiger partial charge in [0.15, 0.2) is 0 Å². The van der Waals surface area contributed by atoms with Gasteiger partial charge in [-0.25, -0.2) is 4.39 Å². The molecular formula is C19H27ClFN3O3. The standard InChI is InChI=1S/C19H26FN3O3.ClH/c1-2-21(13-18(24)25)14-7-10-22(11-8-14)17-9-12-23(19(17)26)16-6-4-3-5-15(16)20;/h3-6,14,17H,2,7-13H2,1H3,(H,24,25);1H. The van der Waals surface area contributed by atoms with E-state index < -0.39 is 5.97 Å². The highest BCUT2D eigenvalue weighted by Crippen LogP contribution is 2.28. The van der Waals surface area contributed by atoms with Gasteiger partial charge in [-0.05, 0) is 37.9 Å². The molecule has 0 spiro atoms. The van der Waals surface area contributed by atoms with Crippen LogP contribution in [0.1, 0.15) is 26.2 Å². The van der Waals surface area contributed by atoms with Gasteiger partial charge in [-0.2, -0.15) is 0 Å². The number of nitrogens with zero attached hydrogens (tertiary/aromatic N) is 3. The Kier molecular flexibility index (Phi) is 7.59. The molecule has 1 N–H and O–H groups in total. The lowest BCUT2D eigenvalue weighted by molar-refractivity contribution is -0.139. The van der Waals surface area contributed by atoms with Crippen LogP contribution < -0.4 is 4.90 Å². The molecule has 1 amide bonds. The van der Waals surface area contributed by atoms with Gasteiger partial charge in [-0.1, -0.05) is 19.1 Å². The van der Waals surface area contributed by atoms with E-state index in [1.54, 1.807) is 23.1 Å². The molecule has 2 aliphatic heterocycles. The molecule has 0 radical (unpaired) electrons. The number of anilines is 1. The molecule has 2 aliphatic rings. The van der Waals surface area contributed by atoms with E-state index in [9.17, 15) is 14.0 Å². The van der Waals surface area contributed by atoms with Crippen LogP contribution in [0.4, 0.5) is 10.1 Å². The van der Waals surface area contributed by atoms with Crippen LogP contribution in [-0.2, 0) is 9.59 Å². The number of benzene rings is 1. The van der Waals surface area contributed by atoms with Crippen molar-refractivity contribution in [2.45, 2.75) is 38.3 Å².